The lowest BCUT2D eigenvalue weighted by Crippen LogP contribution is -2.30. The van der Waals surface area contributed by atoms with Crippen LogP contribution in [0.1, 0.15) is 46.0 Å². The Morgan fingerprint density at radius 1 is 1.00 bits per heavy atom. The fraction of sp³-hybridized carbons (Fsp3) is 0.750. The summed E-state index contributed by atoms with van der Waals surface area (Å²) in [5, 5.41) is 13.8. The van der Waals surface area contributed by atoms with E-state index < -0.39 is 5.97 Å². The molecule has 0 aromatic heterocycles. The van der Waals surface area contributed by atoms with Gasteiger partial charge in [-0.25, -0.2) is 0 Å². The molecule has 0 fully saturated rings. The second-order valence-corrected chi connectivity index (χ2v) is 4.42. The van der Waals surface area contributed by atoms with Crippen LogP contribution in [0.3, 0.4) is 0 Å². The van der Waals surface area contributed by atoms with Crippen molar-refractivity contribution < 1.29 is 19.5 Å². The van der Waals surface area contributed by atoms with Gasteiger partial charge in [-0.15, -0.1) is 0 Å². The first-order valence-electron chi connectivity index (χ1n) is 6.19. The second-order valence-electron chi connectivity index (χ2n) is 4.42. The van der Waals surface area contributed by atoms with Crippen LogP contribution in [0.4, 0.5) is 0 Å². The Labute approximate surface area is 107 Å². The summed E-state index contributed by atoms with van der Waals surface area (Å²) in [5.74, 6) is -1.06. The number of amides is 2. The first kappa shape index (κ1) is 16.4. The molecule has 0 aliphatic rings. The number of carbonyl (C=O) groups is 3. The molecular formula is C12H22N2O4. The highest BCUT2D eigenvalue weighted by Gasteiger charge is 2.06. The number of rotatable bonds is 9. The third-order valence-corrected chi connectivity index (χ3v) is 2.15. The van der Waals surface area contributed by atoms with Gasteiger partial charge in [-0.2, -0.15) is 0 Å². The predicted molar refractivity (Wildman–Crippen MR) is 67.0 cm³/mol. The summed E-state index contributed by atoms with van der Waals surface area (Å²) < 4.78 is 0. The largest absolute Gasteiger partial charge is 0.481 e. The molecule has 0 rings (SSSR count). The molecule has 18 heavy (non-hydrogen) atoms. The van der Waals surface area contributed by atoms with Gasteiger partial charge in [0.25, 0.3) is 0 Å². The van der Waals surface area contributed by atoms with Gasteiger partial charge in [0.05, 0.1) is 0 Å². The van der Waals surface area contributed by atoms with Crippen molar-refractivity contribution in [3.8, 4) is 0 Å². The van der Waals surface area contributed by atoms with E-state index in [9.17, 15) is 14.4 Å². The van der Waals surface area contributed by atoms with Crippen molar-refractivity contribution in [3.05, 3.63) is 0 Å². The van der Waals surface area contributed by atoms with E-state index in [1.54, 1.807) is 0 Å². The Morgan fingerprint density at radius 2 is 1.61 bits per heavy atom. The zero-order valence-electron chi connectivity index (χ0n) is 11.0. The lowest BCUT2D eigenvalue weighted by atomic mass is 10.2. The fourth-order valence-corrected chi connectivity index (χ4v) is 1.36. The van der Waals surface area contributed by atoms with Gasteiger partial charge < -0.3 is 15.7 Å². The Morgan fingerprint density at radius 3 is 2.17 bits per heavy atom. The molecule has 0 atom stereocenters. The fourth-order valence-electron chi connectivity index (χ4n) is 1.36. The van der Waals surface area contributed by atoms with E-state index in [4.69, 9.17) is 5.11 Å². The predicted octanol–water partition coefficient (Wildman–Crippen LogP) is 0.662. The molecule has 0 aromatic rings. The Balaban J connectivity index is 3.47. The van der Waals surface area contributed by atoms with Crippen LogP contribution in [0.15, 0.2) is 0 Å². The van der Waals surface area contributed by atoms with Crippen molar-refractivity contribution in [2.24, 2.45) is 0 Å². The zero-order chi connectivity index (χ0) is 14.0. The minimum Gasteiger partial charge on any atom is -0.481 e. The average molecular weight is 258 g/mol. The smallest absolute Gasteiger partial charge is 0.303 e. The van der Waals surface area contributed by atoms with E-state index in [-0.39, 0.29) is 24.3 Å². The number of aliphatic carboxylic acids is 1. The molecule has 0 aliphatic heterocycles. The first-order valence-corrected chi connectivity index (χ1v) is 6.19. The lowest BCUT2D eigenvalue weighted by Gasteiger charge is -2.08. The summed E-state index contributed by atoms with van der Waals surface area (Å²) >= 11 is 0. The Bertz CT molecular complexity index is 290. The molecular weight excluding hydrogens is 236 g/mol. The number of carbonyl (C=O) groups excluding carboxylic acids is 2. The van der Waals surface area contributed by atoms with Crippen LogP contribution >= 0.6 is 0 Å². The third-order valence-electron chi connectivity index (χ3n) is 2.15. The highest BCUT2D eigenvalue weighted by atomic mass is 16.4. The van der Waals surface area contributed by atoms with Gasteiger partial charge in [0, 0.05) is 31.8 Å². The topological polar surface area (TPSA) is 95.5 Å². The minimum absolute atomic E-state index is 0.0522. The molecule has 6 nitrogen and oxygen atoms in total. The second kappa shape index (κ2) is 9.44. The highest BCUT2D eigenvalue weighted by Crippen LogP contribution is 1.96. The summed E-state index contributed by atoms with van der Waals surface area (Å²) in [6, 6.07) is 0.113. The van der Waals surface area contributed by atoms with Crippen molar-refractivity contribution in [1.29, 1.82) is 0 Å². The molecule has 0 heterocycles. The van der Waals surface area contributed by atoms with E-state index in [1.165, 1.54) is 0 Å². The molecule has 2 amide bonds. The van der Waals surface area contributed by atoms with Crippen LogP contribution < -0.4 is 10.6 Å². The SMILES string of the molecule is CC(C)NC(=O)CCCC(=O)NCCCC(=O)O. The van der Waals surface area contributed by atoms with Crippen LogP contribution in [-0.2, 0) is 14.4 Å². The number of hydrogen-bond donors (Lipinski definition) is 3. The van der Waals surface area contributed by atoms with Gasteiger partial charge >= 0.3 is 5.97 Å². The van der Waals surface area contributed by atoms with Gasteiger partial charge in [0.15, 0.2) is 0 Å². The minimum atomic E-state index is -0.866. The molecule has 0 unspecified atom stereocenters. The molecule has 0 aromatic carbocycles. The summed E-state index contributed by atoms with van der Waals surface area (Å²) in [6.07, 6.45) is 1.61. The lowest BCUT2D eigenvalue weighted by molar-refractivity contribution is -0.137. The van der Waals surface area contributed by atoms with Crippen LogP contribution in [0.25, 0.3) is 0 Å². The van der Waals surface area contributed by atoms with Gasteiger partial charge in [-0.05, 0) is 26.7 Å². The van der Waals surface area contributed by atoms with Crippen LogP contribution in [-0.4, -0.2) is 35.5 Å². The Hall–Kier alpha value is -1.59. The van der Waals surface area contributed by atoms with E-state index >= 15 is 0 Å². The third kappa shape index (κ3) is 10.9. The molecule has 3 N–H and O–H groups in total. The van der Waals surface area contributed by atoms with E-state index in [1.807, 2.05) is 13.8 Å². The van der Waals surface area contributed by atoms with Crippen molar-refractivity contribution in [2.45, 2.75) is 52.0 Å². The van der Waals surface area contributed by atoms with E-state index in [0.717, 1.165) is 0 Å². The maximum Gasteiger partial charge on any atom is 0.303 e. The highest BCUT2D eigenvalue weighted by molar-refractivity contribution is 5.78. The van der Waals surface area contributed by atoms with E-state index in [2.05, 4.69) is 10.6 Å². The first-order chi connectivity index (χ1) is 8.41. The number of nitrogens with one attached hydrogen (secondary N) is 2. The summed E-state index contributed by atoms with van der Waals surface area (Å²) in [7, 11) is 0. The monoisotopic (exact) mass is 258 g/mol. The van der Waals surface area contributed by atoms with Gasteiger partial charge in [0.2, 0.25) is 11.8 Å². The number of carboxylic acid groups (broad SMARTS) is 1. The maximum absolute atomic E-state index is 11.3. The molecule has 0 radical (unpaired) electrons. The number of carboxylic acids is 1. The summed E-state index contributed by atoms with van der Waals surface area (Å²) in [4.78, 5) is 32.8. The standard InChI is InChI=1S/C12H22N2O4/c1-9(2)14-11(16)6-3-5-10(15)13-8-4-7-12(17)18/h9H,3-8H2,1-2H3,(H,13,15)(H,14,16)(H,17,18). The molecule has 104 valence electrons. The van der Waals surface area contributed by atoms with Crippen molar-refractivity contribution in [3.63, 3.8) is 0 Å². The van der Waals surface area contributed by atoms with Gasteiger partial charge in [-0.3, -0.25) is 14.4 Å². The van der Waals surface area contributed by atoms with Crippen LogP contribution in [0, 0.1) is 0 Å². The molecule has 0 saturated carbocycles. The molecule has 0 spiro atoms. The van der Waals surface area contributed by atoms with Gasteiger partial charge in [-0.1, -0.05) is 0 Å². The van der Waals surface area contributed by atoms with Crippen molar-refractivity contribution in [2.75, 3.05) is 6.54 Å². The van der Waals surface area contributed by atoms with Crippen LogP contribution in [0.2, 0.25) is 0 Å². The zero-order valence-corrected chi connectivity index (χ0v) is 11.0. The van der Waals surface area contributed by atoms with Crippen molar-refractivity contribution in [1.82, 2.24) is 10.6 Å². The maximum atomic E-state index is 11.3. The van der Waals surface area contributed by atoms with Crippen molar-refractivity contribution >= 4 is 17.8 Å². The quantitative estimate of drug-likeness (QED) is 0.529. The number of hydrogen-bond acceptors (Lipinski definition) is 3. The average Bonchev–Trinajstić information content (AvgIpc) is 2.23. The van der Waals surface area contributed by atoms with Gasteiger partial charge in [0.1, 0.15) is 0 Å². The molecule has 0 aliphatic carbocycles. The Kier molecular flexibility index (Phi) is 8.61. The molecule has 0 saturated heterocycles. The van der Waals surface area contributed by atoms with E-state index in [0.29, 0.717) is 32.2 Å². The molecule has 6 heteroatoms. The molecule has 0 bridgehead atoms. The van der Waals surface area contributed by atoms with Crippen LogP contribution in [0.5, 0.6) is 0 Å². The summed E-state index contributed by atoms with van der Waals surface area (Å²) in [5.41, 5.74) is 0. The summed E-state index contributed by atoms with van der Waals surface area (Å²) in [6.45, 7) is 4.13. The normalized spacial score (nSPS) is 10.2.